The molecule has 0 aliphatic carbocycles. The summed E-state index contributed by atoms with van der Waals surface area (Å²) in [5.74, 6) is 0.864. The molecule has 0 radical (unpaired) electrons. The standard InChI is InChI=1S/C27H53NO2S2/c1-4-7-10-11-12-13-14-15-16-17-18-19-20-21-22-23-26(29)30-28(24-8-5-2)27(31)32-25-9-6-3/h4-25H2,1-3H3. The fourth-order valence-electron chi connectivity index (χ4n) is 3.66. The van der Waals surface area contributed by atoms with Crippen molar-refractivity contribution in [1.82, 2.24) is 5.06 Å². The maximum atomic E-state index is 12.3. The van der Waals surface area contributed by atoms with Crippen molar-refractivity contribution in [2.75, 3.05) is 12.3 Å². The minimum atomic E-state index is -0.130. The first-order valence-corrected chi connectivity index (χ1v) is 15.2. The van der Waals surface area contributed by atoms with Crippen molar-refractivity contribution in [3.8, 4) is 0 Å². The molecule has 0 fully saturated rings. The maximum Gasteiger partial charge on any atom is 0.332 e. The van der Waals surface area contributed by atoms with Gasteiger partial charge in [-0.25, -0.2) is 4.79 Å². The van der Waals surface area contributed by atoms with Gasteiger partial charge in [0.15, 0.2) is 4.32 Å². The molecule has 0 aliphatic heterocycles. The van der Waals surface area contributed by atoms with Crippen LogP contribution in [0.25, 0.3) is 0 Å². The van der Waals surface area contributed by atoms with Crippen molar-refractivity contribution >= 4 is 34.3 Å². The fourth-order valence-corrected chi connectivity index (χ4v) is 4.92. The highest BCUT2D eigenvalue weighted by Gasteiger charge is 2.15. The second-order valence-corrected chi connectivity index (χ2v) is 10.8. The molecule has 0 aromatic carbocycles. The first-order chi connectivity index (χ1) is 15.7. The molecular weight excluding hydrogens is 434 g/mol. The number of carbonyl (C=O) groups excluding carboxylic acids is 1. The van der Waals surface area contributed by atoms with Gasteiger partial charge in [-0.15, -0.1) is 0 Å². The molecule has 32 heavy (non-hydrogen) atoms. The predicted molar refractivity (Wildman–Crippen MR) is 147 cm³/mol. The van der Waals surface area contributed by atoms with Gasteiger partial charge < -0.3 is 4.84 Å². The number of hydrogen-bond acceptors (Lipinski definition) is 4. The normalized spacial score (nSPS) is 11.0. The number of nitrogens with zero attached hydrogens (tertiary/aromatic N) is 1. The highest BCUT2D eigenvalue weighted by atomic mass is 32.2. The molecule has 0 N–H and O–H groups in total. The molecule has 190 valence electrons. The Morgan fingerprint density at radius 1 is 0.656 bits per heavy atom. The second kappa shape index (κ2) is 25.3. The summed E-state index contributed by atoms with van der Waals surface area (Å²) < 4.78 is 0.705. The molecule has 0 bridgehead atoms. The third kappa shape index (κ3) is 21.6. The van der Waals surface area contributed by atoms with Crippen LogP contribution in [-0.4, -0.2) is 27.7 Å². The molecule has 0 heterocycles. The van der Waals surface area contributed by atoms with E-state index in [9.17, 15) is 4.79 Å². The second-order valence-electron chi connectivity index (χ2n) is 9.09. The molecule has 0 aliphatic rings. The topological polar surface area (TPSA) is 29.5 Å². The molecule has 0 rings (SSSR count). The largest absolute Gasteiger partial charge is 0.340 e. The maximum absolute atomic E-state index is 12.3. The lowest BCUT2D eigenvalue weighted by atomic mass is 10.0. The van der Waals surface area contributed by atoms with E-state index >= 15 is 0 Å². The number of thiocarbonyl (C=S) groups is 1. The Morgan fingerprint density at radius 3 is 1.56 bits per heavy atom. The van der Waals surface area contributed by atoms with Crippen LogP contribution in [0.15, 0.2) is 0 Å². The van der Waals surface area contributed by atoms with E-state index in [-0.39, 0.29) is 5.97 Å². The molecule has 0 saturated carbocycles. The van der Waals surface area contributed by atoms with E-state index in [4.69, 9.17) is 17.1 Å². The van der Waals surface area contributed by atoms with Crippen molar-refractivity contribution in [3.63, 3.8) is 0 Å². The number of carbonyl (C=O) groups is 1. The average molecular weight is 488 g/mol. The van der Waals surface area contributed by atoms with Crippen LogP contribution in [-0.2, 0) is 9.63 Å². The number of hydroxylamine groups is 2. The smallest absolute Gasteiger partial charge is 0.332 e. The van der Waals surface area contributed by atoms with Crippen LogP contribution >= 0.6 is 24.0 Å². The van der Waals surface area contributed by atoms with E-state index in [0.717, 1.165) is 44.3 Å². The number of thioether (sulfide) groups is 1. The summed E-state index contributed by atoms with van der Waals surface area (Å²) in [5.41, 5.74) is 0. The summed E-state index contributed by atoms with van der Waals surface area (Å²) in [6, 6.07) is 0. The zero-order valence-electron chi connectivity index (χ0n) is 21.6. The van der Waals surface area contributed by atoms with E-state index < -0.39 is 0 Å². The average Bonchev–Trinajstić information content (AvgIpc) is 2.79. The van der Waals surface area contributed by atoms with Crippen molar-refractivity contribution in [1.29, 1.82) is 0 Å². The lowest BCUT2D eigenvalue weighted by molar-refractivity contribution is -0.172. The fraction of sp³-hybridized carbons (Fsp3) is 0.926. The van der Waals surface area contributed by atoms with E-state index in [1.807, 2.05) is 0 Å². The lowest BCUT2D eigenvalue weighted by Gasteiger charge is -2.23. The Kier molecular flexibility index (Phi) is 25.1. The Labute approximate surface area is 210 Å². The quantitative estimate of drug-likeness (QED) is 0.0861. The van der Waals surface area contributed by atoms with Gasteiger partial charge in [-0.05, 0) is 31.5 Å². The third-order valence-electron chi connectivity index (χ3n) is 5.84. The Balaban J connectivity index is 3.64. The molecule has 0 unspecified atom stereocenters. The molecule has 0 saturated heterocycles. The Hall–Kier alpha value is -0.290. The van der Waals surface area contributed by atoms with Gasteiger partial charge in [0.1, 0.15) is 0 Å². The van der Waals surface area contributed by atoms with E-state index in [0.29, 0.717) is 17.3 Å². The highest BCUT2D eigenvalue weighted by Crippen LogP contribution is 2.16. The zero-order valence-corrected chi connectivity index (χ0v) is 23.3. The van der Waals surface area contributed by atoms with Gasteiger partial charge in [0.05, 0.1) is 6.54 Å². The van der Waals surface area contributed by atoms with Crippen molar-refractivity contribution in [2.24, 2.45) is 0 Å². The van der Waals surface area contributed by atoms with Crippen molar-refractivity contribution < 1.29 is 9.63 Å². The van der Waals surface area contributed by atoms with Crippen LogP contribution in [0.3, 0.4) is 0 Å². The molecule has 0 spiro atoms. The molecule has 0 aromatic rings. The SMILES string of the molecule is CCCCCCCCCCCCCCCCCC(=O)ON(CCCC)C(=S)SCCCC. The monoisotopic (exact) mass is 487 g/mol. The van der Waals surface area contributed by atoms with Crippen molar-refractivity contribution in [3.05, 3.63) is 0 Å². The van der Waals surface area contributed by atoms with E-state index in [2.05, 4.69) is 20.8 Å². The summed E-state index contributed by atoms with van der Waals surface area (Å²) in [6.45, 7) is 7.31. The van der Waals surface area contributed by atoms with Gasteiger partial charge in [-0.3, -0.25) is 0 Å². The summed E-state index contributed by atoms with van der Waals surface area (Å²) in [5, 5.41) is 1.66. The first-order valence-electron chi connectivity index (χ1n) is 13.8. The van der Waals surface area contributed by atoms with Crippen LogP contribution in [0.1, 0.15) is 149 Å². The molecule has 5 heteroatoms. The van der Waals surface area contributed by atoms with Crippen molar-refractivity contribution in [2.45, 2.75) is 149 Å². The molecule has 0 atom stereocenters. The van der Waals surface area contributed by atoms with Gasteiger partial charge in [-0.1, -0.05) is 135 Å². The van der Waals surface area contributed by atoms with Crippen LogP contribution in [0.2, 0.25) is 0 Å². The van der Waals surface area contributed by atoms with Crippen LogP contribution in [0, 0.1) is 0 Å². The summed E-state index contributed by atoms with van der Waals surface area (Å²) in [7, 11) is 0. The summed E-state index contributed by atoms with van der Waals surface area (Å²) in [6.07, 6.45) is 24.8. The summed E-state index contributed by atoms with van der Waals surface area (Å²) in [4.78, 5) is 17.8. The molecule has 0 aromatic heterocycles. The van der Waals surface area contributed by atoms with Gasteiger partial charge in [0, 0.05) is 12.2 Å². The molecule has 0 amide bonds. The minimum Gasteiger partial charge on any atom is -0.340 e. The summed E-state index contributed by atoms with van der Waals surface area (Å²) >= 11 is 7.11. The lowest BCUT2D eigenvalue weighted by Crippen LogP contribution is -2.31. The van der Waals surface area contributed by atoms with Gasteiger partial charge in [-0.2, -0.15) is 5.06 Å². The van der Waals surface area contributed by atoms with Crippen LogP contribution in [0.4, 0.5) is 0 Å². The number of hydrogen-bond donors (Lipinski definition) is 0. The minimum absolute atomic E-state index is 0.130. The van der Waals surface area contributed by atoms with Gasteiger partial charge in [0.2, 0.25) is 0 Å². The van der Waals surface area contributed by atoms with Crippen LogP contribution in [0.5, 0.6) is 0 Å². The van der Waals surface area contributed by atoms with Gasteiger partial charge >= 0.3 is 5.97 Å². The van der Waals surface area contributed by atoms with Crippen LogP contribution < -0.4 is 0 Å². The van der Waals surface area contributed by atoms with E-state index in [1.165, 1.54) is 83.5 Å². The van der Waals surface area contributed by atoms with E-state index in [1.54, 1.807) is 16.8 Å². The molecular formula is C27H53NO2S2. The number of rotatable bonds is 22. The highest BCUT2D eigenvalue weighted by molar-refractivity contribution is 8.22. The first kappa shape index (κ1) is 31.7. The van der Waals surface area contributed by atoms with Gasteiger partial charge in [0.25, 0.3) is 0 Å². The molecule has 3 nitrogen and oxygen atoms in total. The Bertz CT molecular complexity index is 432. The number of unbranched alkanes of at least 4 members (excludes halogenated alkanes) is 16. The predicted octanol–water partition coefficient (Wildman–Crippen LogP) is 9.63. The Morgan fingerprint density at radius 2 is 1.09 bits per heavy atom. The third-order valence-corrected chi connectivity index (χ3v) is 7.34. The zero-order chi connectivity index (χ0) is 23.7.